The fraction of sp³-hybridized carbons (Fsp3) is 0.513. The van der Waals surface area contributed by atoms with Gasteiger partial charge in [-0.05, 0) is 106 Å². The molecule has 1 amide bonds. The molecule has 3 aliphatic heterocycles. The highest BCUT2D eigenvalue weighted by atomic mass is 127. The van der Waals surface area contributed by atoms with Crippen LogP contribution in [0.2, 0.25) is 0 Å². The maximum Gasteiger partial charge on any atom is 0.318 e. The number of aromatic nitrogens is 2. The van der Waals surface area contributed by atoms with Crippen molar-refractivity contribution >= 4 is 56.7 Å². The van der Waals surface area contributed by atoms with Crippen LogP contribution in [0.25, 0.3) is 15.6 Å². The Morgan fingerprint density at radius 1 is 1.08 bits per heavy atom. The highest BCUT2D eigenvalue weighted by molar-refractivity contribution is 14.1. The number of rotatable bonds is 11. The monoisotopic (exact) mass is 805 g/mol. The summed E-state index contributed by atoms with van der Waals surface area (Å²) in [6, 6.07) is 13.2. The van der Waals surface area contributed by atoms with Crippen LogP contribution in [-0.4, -0.2) is 102 Å². The number of carbonyl (C=O) groups excluding carboxylic acids is 2. The summed E-state index contributed by atoms with van der Waals surface area (Å²) in [5.41, 5.74) is 2.75. The topological polar surface area (TPSA) is 95.7 Å². The molecule has 2 atom stereocenters. The molecule has 0 bridgehead atoms. The predicted molar refractivity (Wildman–Crippen MR) is 208 cm³/mol. The van der Waals surface area contributed by atoms with Gasteiger partial charge >= 0.3 is 12.0 Å². The highest BCUT2D eigenvalue weighted by Gasteiger charge is 2.35. The van der Waals surface area contributed by atoms with Gasteiger partial charge in [0.25, 0.3) is 0 Å². The zero-order valence-electron chi connectivity index (χ0n) is 29.9. The van der Waals surface area contributed by atoms with Crippen LogP contribution in [0.1, 0.15) is 57.7 Å². The van der Waals surface area contributed by atoms with Gasteiger partial charge in [0.2, 0.25) is 12.5 Å². The first-order valence-electron chi connectivity index (χ1n) is 18.0. The second-order valence-corrected chi connectivity index (χ2v) is 15.7. The molecule has 0 saturated carbocycles. The molecule has 11 nitrogen and oxygen atoms in total. The van der Waals surface area contributed by atoms with E-state index in [0.29, 0.717) is 45.2 Å². The summed E-state index contributed by atoms with van der Waals surface area (Å²) in [5.74, 6) is 0.526. The van der Waals surface area contributed by atoms with E-state index < -0.39 is 5.60 Å². The first-order valence-corrected chi connectivity index (χ1v) is 19.0. The van der Waals surface area contributed by atoms with Gasteiger partial charge in [-0.2, -0.15) is 9.97 Å². The second kappa shape index (κ2) is 16.2. The Balaban J connectivity index is 1.24. The Labute approximate surface area is 314 Å². The van der Waals surface area contributed by atoms with Crippen LogP contribution in [0.15, 0.2) is 49.1 Å². The molecule has 0 spiro atoms. The number of halogens is 1. The van der Waals surface area contributed by atoms with Gasteiger partial charge in [0.05, 0.1) is 12.2 Å². The van der Waals surface area contributed by atoms with Crippen molar-refractivity contribution in [3.63, 3.8) is 0 Å². The Bertz CT molecular complexity index is 1800. The van der Waals surface area contributed by atoms with Crippen molar-refractivity contribution in [2.45, 2.75) is 77.1 Å². The number of ether oxygens (including phenoxy) is 2. The number of esters is 1. The zero-order valence-corrected chi connectivity index (χ0v) is 32.1. The maximum atomic E-state index is 12.7. The standard InChI is InChI=1S/C39H48IN7O4/c1-6-34(48)47-22-21-46(24-29(47)23-41-5)37-30-17-20-45(33-15-8-12-27-11-7-14-31(40)36(27)33)25-32(30)42-38(43-37)50-26-28-13-9-18-44(28)19-10-16-35(49)51-39(2,3)4/h6-8,11-12,14-15,28-29H,1,9-10,13,16-26H2,2-4H3/t28-,29-/m0/s1. The van der Waals surface area contributed by atoms with Crippen LogP contribution in [-0.2, 0) is 27.3 Å². The van der Waals surface area contributed by atoms with Gasteiger partial charge in [0, 0.05) is 58.8 Å². The average Bonchev–Trinajstić information content (AvgIpc) is 3.56. The number of nitrogens with zero attached hydrogens (tertiary/aromatic N) is 7. The summed E-state index contributed by atoms with van der Waals surface area (Å²) < 4.78 is 13.2. The third-order valence-electron chi connectivity index (χ3n) is 9.89. The summed E-state index contributed by atoms with van der Waals surface area (Å²) in [5, 5.41) is 2.45. The molecular weight excluding hydrogens is 757 g/mol. The molecule has 0 radical (unpaired) electrons. The summed E-state index contributed by atoms with van der Waals surface area (Å²) in [6.45, 7) is 22.4. The predicted octanol–water partition coefficient (Wildman–Crippen LogP) is 5.88. The van der Waals surface area contributed by atoms with Gasteiger partial charge in [-0.25, -0.2) is 6.57 Å². The molecule has 3 aliphatic rings. The molecule has 6 rings (SSSR count). The van der Waals surface area contributed by atoms with Crippen LogP contribution in [0.5, 0.6) is 6.01 Å². The Morgan fingerprint density at radius 3 is 2.65 bits per heavy atom. The number of amides is 1. The third kappa shape index (κ3) is 8.75. The number of hydrogen-bond acceptors (Lipinski definition) is 9. The molecular formula is C39H48IN7O4. The molecule has 0 aliphatic carbocycles. The largest absolute Gasteiger partial charge is 0.462 e. The molecule has 1 aromatic heterocycles. The fourth-order valence-electron chi connectivity index (χ4n) is 7.54. The first kappa shape index (κ1) is 36.8. The number of carbonyl (C=O) groups is 2. The summed E-state index contributed by atoms with van der Waals surface area (Å²) >= 11 is 2.42. The molecule has 12 heteroatoms. The summed E-state index contributed by atoms with van der Waals surface area (Å²) in [4.78, 5) is 47.5. The van der Waals surface area contributed by atoms with E-state index in [1.54, 1.807) is 4.90 Å². The van der Waals surface area contributed by atoms with Crippen LogP contribution < -0.4 is 14.5 Å². The minimum atomic E-state index is -0.478. The first-order chi connectivity index (χ1) is 24.5. The zero-order chi connectivity index (χ0) is 36.1. The van der Waals surface area contributed by atoms with E-state index in [9.17, 15) is 9.59 Å². The minimum absolute atomic E-state index is 0.149. The molecule has 51 heavy (non-hydrogen) atoms. The number of benzene rings is 2. The van der Waals surface area contributed by atoms with E-state index >= 15 is 0 Å². The normalized spacial score (nSPS) is 19.5. The summed E-state index contributed by atoms with van der Waals surface area (Å²) in [6.07, 6.45) is 5.31. The smallest absolute Gasteiger partial charge is 0.318 e. The van der Waals surface area contributed by atoms with Gasteiger partial charge in [0.15, 0.2) is 0 Å². The SMILES string of the molecule is [C-]#[N+]C[C@H]1CN(c2nc(OC[C@@H]3CCCN3CCCC(=O)OC(C)(C)C)nc3c2CCN(c2cccc4cccc(I)c24)C3)CCN1C(=O)C=C. The van der Waals surface area contributed by atoms with Crippen LogP contribution >= 0.6 is 22.6 Å². The lowest BCUT2D eigenvalue weighted by Gasteiger charge is -2.41. The van der Waals surface area contributed by atoms with Crippen molar-refractivity contribution in [3.8, 4) is 6.01 Å². The molecule has 0 N–H and O–H groups in total. The van der Waals surface area contributed by atoms with Crippen molar-refractivity contribution < 1.29 is 19.1 Å². The Morgan fingerprint density at radius 2 is 1.88 bits per heavy atom. The molecule has 2 saturated heterocycles. The van der Waals surface area contributed by atoms with E-state index in [2.05, 4.69) is 85.1 Å². The van der Waals surface area contributed by atoms with Gasteiger partial charge in [-0.1, -0.05) is 30.8 Å². The third-order valence-corrected chi connectivity index (χ3v) is 10.8. The molecule has 4 heterocycles. The van der Waals surface area contributed by atoms with Crippen molar-refractivity contribution in [2.24, 2.45) is 0 Å². The van der Waals surface area contributed by atoms with Crippen molar-refractivity contribution in [1.82, 2.24) is 19.8 Å². The quantitative estimate of drug-likeness (QED) is 0.102. The second-order valence-electron chi connectivity index (χ2n) is 14.6. The average molecular weight is 806 g/mol. The maximum absolute atomic E-state index is 12.7. The Kier molecular flexibility index (Phi) is 11.7. The molecule has 3 aromatic rings. The van der Waals surface area contributed by atoms with E-state index in [-0.39, 0.29) is 30.5 Å². The fourth-order valence-corrected chi connectivity index (χ4v) is 8.34. The van der Waals surface area contributed by atoms with Gasteiger partial charge < -0.3 is 29.0 Å². The van der Waals surface area contributed by atoms with Gasteiger partial charge in [-0.3, -0.25) is 14.5 Å². The van der Waals surface area contributed by atoms with E-state index in [0.717, 1.165) is 62.4 Å². The van der Waals surface area contributed by atoms with Crippen molar-refractivity contribution in [2.75, 3.05) is 62.2 Å². The van der Waals surface area contributed by atoms with Crippen LogP contribution in [0.3, 0.4) is 0 Å². The van der Waals surface area contributed by atoms with E-state index in [4.69, 9.17) is 26.0 Å². The molecule has 2 aromatic carbocycles. The van der Waals surface area contributed by atoms with E-state index in [1.165, 1.54) is 26.1 Å². The van der Waals surface area contributed by atoms with E-state index in [1.807, 2.05) is 20.8 Å². The van der Waals surface area contributed by atoms with Crippen LogP contribution in [0.4, 0.5) is 11.5 Å². The molecule has 270 valence electrons. The number of piperazine rings is 1. The van der Waals surface area contributed by atoms with Crippen molar-refractivity contribution in [3.05, 3.63) is 75.3 Å². The lowest BCUT2D eigenvalue weighted by molar-refractivity contribution is -0.155. The van der Waals surface area contributed by atoms with Crippen LogP contribution in [0, 0.1) is 10.1 Å². The number of likely N-dealkylation sites (tertiary alicyclic amines) is 1. The highest BCUT2D eigenvalue weighted by Crippen LogP contribution is 2.36. The lowest BCUT2D eigenvalue weighted by Crippen LogP contribution is -2.56. The Hall–Kier alpha value is -3.96. The van der Waals surface area contributed by atoms with Gasteiger partial charge in [0.1, 0.15) is 24.1 Å². The molecule has 0 unspecified atom stereocenters. The lowest BCUT2D eigenvalue weighted by atomic mass is 10.0. The number of anilines is 2. The molecule has 2 fully saturated rings. The minimum Gasteiger partial charge on any atom is -0.462 e. The number of fused-ring (bicyclic) bond motifs is 2. The number of hydrogen-bond donors (Lipinski definition) is 0. The summed E-state index contributed by atoms with van der Waals surface area (Å²) in [7, 11) is 0. The van der Waals surface area contributed by atoms with Gasteiger partial charge in [-0.15, -0.1) is 0 Å². The van der Waals surface area contributed by atoms with Crippen molar-refractivity contribution in [1.29, 1.82) is 0 Å².